The van der Waals surface area contributed by atoms with Crippen LogP contribution in [-0.4, -0.2) is 18.0 Å². The van der Waals surface area contributed by atoms with Gasteiger partial charge in [0.1, 0.15) is 5.82 Å². The monoisotopic (exact) mass is 397 g/mol. The van der Waals surface area contributed by atoms with Gasteiger partial charge in [-0.15, -0.1) is 0 Å². The quantitative estimate of drug-likeness (QED) is 0.730. The molecular weight excluding hydrogens is 380 g/mol. The van der Waals surface area contributed by atoms with Crippen molar-refractivity contribution in [2.45, 2.75) is 32.4 Å². The van der Waals surface area contributed by atoms with Gasteiger partial charge in [-0.3, -0.25) is 9.59 Å². The minimum absolute atomic E-state index is 0.0452. The molecule has 0 aromatic heterocycles. The maximum atomic E-state index is 12.9. The second-order valence-corrected chi connectivity index (χ2v) is 6.68. The number of esters is 1. The van der Waals surface area contributed by atoms with Crippen LogP contribution in [0.3, 0.4) is 0 Å². The number of hydrogen-bond donors (Lipinski definition) is 1. The predicted molar refractivity (Wildman–Crippen MR) is 98.7 cm³/mol. The van der Waals surface area contributed by atoms with Gasteiger partial charge in [0.25, 0.3) is 5.91 Å². The summed E-state index contributed by atoms with van der Waals surface area (Å²) in [5.41, 5.74) is 1.31. The highest BCUT2D eigenvalue weighted by molar-refractivity contribution is 6.35. The van der Waals surface area contributed by atoms with Gasteiger partial charge in [-0.05, 0) is 49.2 Å². The van der Waals surface area contributed by atoms with E-state index in [0.717, 1.165) is 0 Å². The van der Waals surface area contributed by atoms with Crippen molar-refractivity contribution in [3.05, 3.63) is 69.5 Å². The van der Waals surface area contributed by atoms with Crippen LogP contribution < -0.4 is 5.32 Å². The summed E-state index contributed by atoms with van der Waals surface area (Å²) in [7, 11) is 0. The van der Waals surface area contributed by atoms with E-state index >= 15 is 0 Å². The summed E-state index contributed by atoms with van der Waals surface area (Å²) in [6.07, 6.45) is -1.02. The first-order valence-corrected chi connectivity index (χ1v) is 8.71. The molecule has 2 aromatic carbocycles. The van der Waals surface area contributed by atoms with E-state index in [-0.39, 0.29) is 18.3 Å². The van der Waals surface area contributed by atoms with Crippen molar-refractivity contribution in [3.63, 3.8) is 0 Å². The molecule has 0 aliphatic carbocycles. The van der Waals surface area contributed by atoms with Gasteiger partial charge in [-0.1, -0.05) is 41.4 Å². The van der Waals surface area contributed by atoms with Crippen molar-refractivity contribution < 1.29 is 18.7 Å². The summed E-state index contributed by atoms with van der Waals surface area (Å²) in [5.74, 6) is -1.41. The molecule has 2 rings (SSSR count). The zero-order chi connectivity index (χ0) is 19.3. The van der Waals surface area contributed by atoms with Gasteiger partial charge in [-0.25, -0.2) is 4.39 Å². The molecule has 26 heavy (non-hydrogen) atoms. The SMILES string of the molecule is C[C@H](OC(=O)Cc1ccc(F)cc1)C(=O)N[C@H](C)c1ccc(Cl)cc1Cl. The molecule has 0 heterocycles. The molecule has 0 fully saturated rings. The Morgan fingerprint density at radius 2 is 1.77 bits per heavy atom. The van der Waals surface area contributed by atoms with E-state index in [1.54, 1.807) is 25.1 Å². The van der Waals surface area contributed by atoms with Crippen LogP contribution in [0.2, 0.25) is 10.0 Å². The van der Waals surface area contributed by atoms with Crippen molar-refractivity contribution in [1.82, 2.24) is 5.32 Å². The summed E-state index contributed by atoms with van der Waals surface area (Å²) >= 11 is 12.0. The number of nitrogens with one attached hydrogen (secondary N) is 1. The third-order valence-electron chi connectivity index (χ3n) is 3.73. The largest absolute Gasteiger partial charge is 0.452 e. The second kappa shape index (κ2) is 9.01. The second-order valence-electron chi connectivity index (χ2n) is 5.83. The molecule has 0 spiro atoms. The average Bonchev–Trinajstić information content (AvgIpc) is 2.56. The minimum atomic E-state index is -0.975. The van der Waals surface area contributed by atoms with Gasteiger partial charge in [0, 0.05) is 10.0 Å². The molecule has 0 radical (unpaired) electrons. The average molecular weight is 398 g/mol. The number of hydrogen-bond acceptors (Lipinski definition) is 3. The number of ether oxygens (including phenoxy) is 1. The van der Waals surface area contributed by atoms with E-state index < -0.39 is 18.0 Å². The lowest BCUT2D eigenvalue weighted by Crippen LogP contribution is -2.37. The molecule has 138 valence electrons. The number of amides is 1. The molecule has 0 bridgehead atoms. The van der Waals surface area contributed by atoms with Gasteiger partial charge in [-0.2, -0.15) is 0 Å². The molecule has 0 aliphatic rings. The maximum Gasteiger partial charge on any atom is 0.311 e. The fourth-order valence-electron chi connectivity index (χ4n) is 2.32. The van der Waals surface area contributed by atoms with Crippen molar-refractivity contribution in [2.24, 2.45) is 0 Å². The van der Waals surface area contributed by atoms with Crippen LogP contribution in [0, 0.1) is 5.82 Å². The molecule has 0 unspecified atom stereocenters. The summed E-state index contributed by atoms with van der Waals surface area (Å²) in [6, 6.07) is 10.1. The number of carbonyl (C=O) groups is 2. The molecule has 7 heteroatoms. The molecule has 0 saturated heterocycles. The van der Waals surface area contributed by atoms with E-state index in [2.05, 4.69) is 5.32 Å². The maximum absolute atomic E-state index is 12.9. The lowest BCUT2D eigenvalue weighted by Gasteiger charge is -2.19. The third kappa shape index (κ3) is 5.71. The Labute approximate surface area is 161 Å². The third-order valence-corrected chi connectivity index (χ3v) is 4.29. The van der Waals surface area contributed by atoms with Crippen LogP contribution in [0.1, 0.15) is 31.0 Å². The van der Waals surface area contributed by atoms with E-state index in [1.165, 1.54) is 31.2 Å². The standard InChI is InChI=1S/C19H18Cl2FNO3/c1-11(16-8-5-14(20)10-17(16)21)23-19(25)12(2)26-18(24)9-13-3-6-15(22)7-4-13/h3-8,10-12H,9H2,1-2H3,(H,23,25)/t11-,12+/m1/s1. The Hall–Kier alpha value is -2.11. The Balaban J connectivity index is 1.90. The summed E-state index contributed by atoms with van der Waals surface area (Å²) in [5, 5.41) is 3.68. The zero-order valence-corrected chi connectivity index (χ0v) is 15.8. The fourth-order valence-corrected chi connectivity index (χ4v) is 2.89. The van der Waals surface area contributed by atoms with Crippen molar-refractivity contribution in [2.75, 3.05) is 0 Å². The molecular formula is C19H18Cl2FNO3. The van der Waals surface area contributed by atoms with Crippen LogP contribution in [0.4, 0.5) is 4.39 Å². The Kier molecular flexibility index (Phi) is 7.00. The molecule has 0 saturated carbocycles. The number of rotatable bonds is 6. The van der Waals surface area contributed by atoms with E-state index in [9.17, 15) is 14.0 Å². The Bertz CT molecular complexity index is 796. The lowest BCUT2D eigenvalue weighted by atomic mass is 10.1. The normalized spacial score (nSPS) is 13.0. The number of carbonyl (C=O) groups excluding carboxylic acids is 2. The summed E-state index contributed by atoms with van der Waals surface area (Å²) in [4.78, 5) is 24.2. The first kappa shape index (κ1) is 20.2. The summed E-state index contributed by atoms with van der Waals surface area (Å²) in [6.45, 7) is 3.24. The van der Waals surface area contributed by atoms with Crippen LogP contribution in [0.5, 0.6) is 0 Å². The molecule has 4 nitrogen and oxygen atoms in total. The number of halogens is 3. The molecule has 0 aliphatic heterocycles. The minimum Gasteiger partial charge on any atom is -0.452 e. The first-order chi connectivity index (χ1) is 12.3. The predicted octanol–water partition coefficient (Wildman–Crippen LogP) is 4.48. The fraction of sp³-hybridized carbons (Fsp3) is 0.263. The zero-order valence-electron chi connectivity index (χ0n) is 14.3. The van der Waals surface area contributed by atoms with Gasteiger partial charge < -0.3 is 10.1 Å². The van der Waals surface area contributed by atoms with Gasteiger partial charge >= 0.3 is 5.97 Å². The van der Waals surface area contributed by atoms with Gasteiger partial charge in [0.15, 0.2) is 6.10 Å². The van der Waals surface area contributed by atoms with Crippen LogP contribution in [0.25, 0.3) is 0 Å². The Morgan fingerprint density at radius 1 is 1.12 bits per heavy atom. The smallest absolute Gasteiger partial charge is 0.311 e. The van der Waals surface area contributed by atoms with E-state index in [1.807, 2.05) is 0 Å². The van der Waals surface area contributed by atoms with Crippen molar-refractivity contribution >= 4 is 35.1 Å². The first-order valence-electron chi connectivity index (χ1n) is 7.95. The van der Waals surface area contributed by atoms with Crippen molar-refractivity contribution in [3.8, 4) is 0 Å². The van der Waals surface area contributed by atoms with Crippen LogP contribution in [0.15, 0.2) is 42.5 Å². The highest BCUT2D eigenvalue weighted by atomic mass is 35.5. The van der Waals surface area contributed by atoms with Crippen LogP contribution >= 0.6 is 23.2 Å². The summed E-state index contributed by atoms with van der Waals surface area (Å²) < 4.78 is 18.0. The number of benzene rings is 2. The highest BCUT2D eigenvalue weighted by Gasteiger charge is 2.21. The molecule has 1 amide bonds. The van der Waals surface area contributed by atoms with Gasteiger partial charge in [0.05, 0.1) is 12.5 Å². The molecule has 2 atom stereocenters. The van der Waals surface area contributed by atoms with E-state index in [0.29, 0.717) is 21.2 Å². The molecule has 2 aromatic rings. The van der Waals surface area contributed by atoms with E-state index in [4.69, 9.17) is 27.9 Å². The molecule has 1 N–H and O–H groups in total. The Morgan fingerprint density at radius 3 is 2.38 bits per heavy atom. The highest BCUT2D eigenvalue weighted by Crippen LogP contribution is 2.26. The van der Waals surface area contributed by atoms with Gasteiger partial charge in [0.2, 0.25) is 0 Å². The lowest BCUT2D eigenvalue weighted by molar-refractivity contribution is -0.154. The topological polar surface area (TPSA) is 55.4 Å². The van der Waals surface area contributed by atoms with Crippen LogP contribution in [-0.2, 0) is 20.7 Å². The van der Waals surface area contributed by atoms with Crippen molar-refractivity contribution in [1.29, 1.82) is 0 Å².